The van der Waals surface area contributed by atoms with Gasteiger partial charge in [0.15, 0.2) is 11.5 Å². The minimum absolute atomic E-state index is 0.245. The Morgan fingerprint density at radius 1 is 1.17 bits per heavy atom. The van der Waals surface area contributed by atoms with Gasteiger partial charge in [0.2, 0.25) is 5.91 Å². The van der Waals surface area contributed by atoms with Crippen molar-refractivity contribution in [2.45, 2.75) is 38.5 Å². The highest BCUT2D eigenvalue weighted by Gasteiger charge is 2.42. The fourth-order valence-corrected chi connectivity index (χ4v) is 4.49. The fraction of sp³-hybridized carbons (Fsp3) is 0.632. The molecule has 0 bridgehead atoms. The summed E-state index contributed by atoms with van der Waals surface area (Å²) < 4.78 is 10.8. The van der Waals surface area contributed by atoms with E-state index in [-0.39, 0.29) is 11.8 Å². The van der Waals surface area contributed by atoms with E-state index in [1.165, 1.54) is 25.7 Å². The first-order valence-corrected chi connectivity index (χ1v) is 8.72. The van der Waals surface area contributed by atoms with E-state index in [1.54, 1.807) is 14.2 Å². The largest absolute Gasteiger partial charge is 0.493 e. The first kappa shape index (κ1) is 16.2. The monoisotopic (exact) mass is 317 g/mol. The van der Waals surface area contributed by atoms with Crippen molar-refractivity contribution in [3.05, 3.63) is 23.8 Å². The highest BCUT2D eigenvalue weighted by atomic mass is 16.5. The molecule has 4 nitrogen and oxygen atoms in total. The van der Waals surface area contributed by atoms with Crippen molar-refractivity contribution in [3.8, 4) is 11.5 Å². The summed E-state index contributed by atoms with van der Waals surface area (Å²) in [6.07, 6.45) is 6.95. The van der Waals surface area contributed by atoms with Gasteiger partial charge < -0.3 is 14.8 Å². The highest BCUT2D eigenvalue weighted by molar-refractivity contribution is 5.79. The van der Waals surface area contributed by atoms with Gasteiger partial charge in [0, 0.05) is 12.5 Å². The molecule has 0 radical (unpaired) electrons. The molecule has 1 aromatic carbocycles. The molecule has 3 atom stereocenters. The van der Waals surface area contributed by atoms with Crippen molar-refractivity contribution in [2.75, 3.05) is 20.8 Å². The lowest BCUT2D eigenvalue weighted by molar-refractivity contribution is -0.126. The predicted octanol–water partition coefficient (Wildman–Crippen LogP) is 3.19. The van der Waals surface area contributed by atoms with E-state index < -0.39 is 0 Å². The maximum atomic E-state index is 12.5. The predicted molar refractivity (Wildman–Crippen MR) is 89.8 cm³/mol. The second-order valence-electron chi connectivity index (χ2n) is 6.73. The zero-order valence-corrected chi connectivity index (χ0v) is 14.1. The number of carbonyl (C=O) groups excluding carboxylic acids is 1. The first-order valence-electron chi connectivity index (χ1n) is 8.72. The Bertz CT molecular complexity index is 558. The molecule has 2 aliphatic carbocycles. The van der Waals surface area contributed by atoms with E-state index in [0.29, 0.717) is 12.5 Å². The van der Waals surface area contributed by atoms with Gasteiger partial charge in [-0.25, -0.2) is 0 Å². The number of para-hydroxylation sites is 1. The fourth-order valence-electron chi connectivity index (χ4n) is 4.49. The molecule has 0 heterocycles. The molecule has 3 rings (SSSR count). The number of hydrogen-bond donors (Lipinski definition) is 1. The highest BCUT2D eigenvalue weighted by Crippen LogP contribution is 2.47. The summed E-state index contributed by atoms with van der Waals surface area (Å²) in [4.78, 5) is 12.5. The van der Waals surface area contributed by atoms with E-state index in [2.05, 4.69) is 5.32 Å². The molecule has 2 aliphatic rings. The van der Waals surface area contributed by atoms with Crippen molar-refractivity contribution >= 4 is 5.91 Å². The van der Waals surface area contributed by atoms with E-state index >= 15 is 0 Å². The molecule has 126 valence electrons. The van der Waals surface area contributed by atoms with Crippen LogP contribution >= 0.6 is 0 Å². The summed E-state index contributed by atoms with van der Waals surface area (Å²) in [7, 11) is 3.29. The molecule has 1 amide bonds. The number of amides is 1. The van der Waals surface area contributed by atoms with Crippen LogP contribution < -0.4 is 14.8 Å². The molecule has 0 unspecified atom stereocenters. The quantitative estimate of drug-likeness (QED) is 0.876. The number of ether oxygens (including phenoxy) is 2. The number of hydrogen-bond acceptors (Lipinski definition) is 3. The maximum Gasteiger partial charge on any atom is 0.223 e. The number of methoxy groups -OCH3 is 2. The minimum Gasteiger partial charge on any atom is -0.493 e. The topological polar surface area (TPSA) is 47.6 Å². The van der Waals surface area contributed by atoms with Gasteiger partial charge in [0.05, 0.1) is 14.2 Å². The SMILES string of the molecule is COc1cccc(CCNC(=O)[C@H]2CC[C@@H]3CCC[C@@H]32)c1OC. The van der Waals surface area contributed by atoms with Crippen LogP contribution in [0.4, 0.5) is 0 Å². The van der Waals surface area contributed by atoms with Gasteiger partial charge in [-0.2, -0.15) is 0 Å². The molecular weight excluding hydrogens is 290 g/mol. The summed E-state index contributed by atoms with van der Waals surface area (Å²) in [6.45, 7) is 0.649. The Morgan fingerprint density at radius 3 is 2.83 bits per heavy atom. The van der Waals surface area contributed by atoms with Crippen LogP contribution in [0.3, 0.4) is 0 Å². The third-order valence-electron chi connectivity index (χ3n) is 5.60. The van der Waals surface area contributed by atoms with Gasteiger partial charge in [-0.3, -0.25) is 4.79 Å². The Balaban J connectivity index is 1.54. The average molecular weight is 317 g/mol. The summed E-state index contributed by atoms with van der Waals surface area (Å²) in [6, 6.07) is 5.87. The Morgan fingerprint density at radius 2 is 2.04 bits per heavy atom. The van der Waals surface area contributed by atoms with Gasteiger partial charge in [0.25, 0.3) is 0 Å². The van der Waals surface area contributed by atoms with E-state index in [0.717, 1.165) is 35.8 Å². The Labute approximate surface area is 138 Å². The summed E-state index contributed by atoms with van der Waals surface area (Å²) in [5.74, 6) is 3.45. The van der Waals surface area contributed by atoms with E-state index in [9.17, 15) is 4.79 Å². The van der Waals surface area contributed by atoms with E-state index in [1.807, 2.05) is 18.2 Å². The van der Waals surface area contributed by atoms with Gasteiger partial charge in [-0.15, -0.1) is 0 Å². The normalized spacial score (nSPS) is 25.9. The van der Waals surface area contributed by atoms with Crippen molar-refractivity contribution in [2.24, 2.45) is 17.8 Å². The smallest absolute Gasteiger partial charge is 0.223 e. The summed E-state index contributed by atoms with van der Waals surface area (Å²) in [5.41, 5.74) is 1.07. The van der Waals surface area contributed by atoms with Crippen LogP contribution in [0.5, 0.6) is 11.5 Å². The molecule has 23 heavy (non-hydrogen) atoms. The third-order valence-corrected chi connectivity index (χ3v) is 5.60. The van der Waals surface area contributed by atoms with Crippen molar-refractivity contribution in [3.63, 3.8) is 0 Å². The van der Waals surface area contributed by atoms with Crippen LogP contribution in [-0.2, 0) is 11.2 Å². The number of benzene rings is 1. The molecule has 0 aromatic heterocycles. The molecule has 1 aromatic rings. The van der Waals surface area contributed by atoms with Crippen LogP contribution in [0.1, 0.15) is 37.7 Å². The summed E-state index contributed by atoms with van der Waals surface area (Å²) in [5, 5.41) is 3.14. The van der Waals surface area contributed by atoms with Gasteiger partial charge >= 0.3 is 0 Å². The lowest BCUT2D eigenvalue weighted by atomic mass is 9.91. The first-order chi connectivity index (χ1) is 11.2. The van der Waals surface area contributed by atoms with Crippen molar-refractivity contribution in [1.82, 2.24) is 5.32 Å². The second-order valence-corrected chi connectivity index (χ2v) is 6.73. The van der Waals surface area contributed by atoms with Gasteiger partial charge in [0.1, 0.15) is 0 Å². The molecular formula is C19H27NO3. The zero-order chi connectivity index (χ0) is 16.2. The van der Waals surface area contributed by atoms with E-state index in [4.69, 9.17) is 9.47 Å². The Kier molecular flexibility index (Phi) is 5.09. The minimum atomic E-state index is 0.245. The molecule has 1 N–H and O–H groups in total. The van der Waals surface area contributed by atoms with Gasteiger partial charge in [-0.05, 0) is 49.1 Å². The maximum absolute atomic E-state index is 12.5. The molecule has 2 saturated carbocycles. The molecule has 0 aliphatic heterocycles. The van der Waals surface area contributed by atoms with Crippen LogP contribution in [-0.4, -0.2) is 26.7 Å². The lowest BCUT2D eigenvalue weighted by Gasteiger charge is -2.18. The number of nitrogens with one attached hydrogen (secondary N) is 1. The number of carbonyl (C=O) groups is 1. The van der Waals surface area contributed by atoms with Gasteiger partial charge in [-0.1, -0.05) is 25.0 Å². The number of fused-ring (bicyclic) bond motifs is 1. The van der Waals surface area contributed by atoms with Crippen LogP contribution in [0, 0.1) is 17.8 Å². The zero-order valence-electron chi connectivity index (χ0n) is 14.1. The molecule has 0 saturated heterocycles. The number of rotatable bonds is 6. The van der Waals surface area contributed by atoms with Crippen LogP contribution in [0.25, 0.3) is 0 Å². The molecule has 0 spiro atoms. The van der Waals surface area contributed by atoms with Crippen molar-refractivity contribution in [1.29, 1.82) is 0 Å². The molecule has 4 heteroatoms. The Hall–Kier alpha value is -1.71. The lowest BCUT2D eigenvalue weighted by Crippen LogP contribution is -2.34. The second kappa shape index (κ2) is 7.24. The van der Waals surface area contributed by atoms with Crippen LogP contribution in [0.15, 0.2) is 18.2 Å². The molecule has 2 fully saturated rings. The summed E-state index contributed by atoms with van der Waals surface area (Å²) >= 11 is 0. The average Bonchev–Trinajstić information content (AvgIpc) is 3.17. The van der Waals surface area contributed by atoms with Crippen LogP contribution in [0.2, 0.25) is 0 Å². The standard InChI is InChI=1S/C19H27NO3/c1-22-17-8-4-6-14(18(17)23-2)11-12-20-19(21)16-10-9-13-5-3-7-15(13)16/h4,6,8,13,15-16H,3,5,7,9-12H2,1-2H3,(H,20,21)/t13-,15-,16-/m0/s1. The van der Waals surface area contributed by atoms with Crippen molar-refractivity contribution < 1.29 is 14.3 Å². The third kappa shape index (κ3) is 3.31.